The van der Waals surface area contributed by atoms with Gasteiger partial charge in [0, 0.05) is 24.8 Å². The molecule has 1 atom stereocenters. The molecule has 0 fully saturated rings. The van der Waals surface area contributed by atoms with E-state index in [9.17, 15) is 9.59 Å². The molecule has 7 nitrogen and oxygen atoms in total. The number of aromatic nitrogens is 2. The van der Waals surface area contributed by atoms with Crippen molar-refractivity contribution in [3.8, 4) is 0 Å². The molecule has 8 heteroatoms. The van der Waals surface area contributed by atoms with Crippen LogP contribution in [0.1, 0.15) is 33.0 Å². The number of thiophene rings is 1. The van der Waals surface area contributed by atoms with Crippen LogP contribution in [0.15, 0.2) is 23.7 Å². The smallest absolute Gasteiger partial charge is 0.345 e. The van der Waals surface area contributed by atoms with Crippen LogP contribution >= 0.6 is 11.3 Å². The number of hydrogen-bond donors (Lipinski definition) is 2. The zero-order valence-electron chi connectivity index (χ0n) is 11.6. The van der Waals surface area contributed by atoms with Gasteiger partial charge < -0.3 is 15.2 Å². The molecule has 0 saturated heterocycles. The number of carboxylic acids is 1. The van der Waals surface area contributed by atoms with Crippen molar-refractivity contribution in [2.75, 3.05) is 19.0 Å². The molecule has 0 spiro atoms. The molecule has 2 heterocycles. The number of carbonyl (C=O) groups excluding carboxylic acids is 1. The molecule has 1 unspecified atom stereocenters. The van der Waals surface area contributed by atoms with Crippen molar-refractivity contribution < 1.29 is 19.4 Å². The largest absolute Gasteiger partial charge is 0.477 e. The molecule has 21 heavy (non-hydrogen) atoms. The number of amides is 1. The molecule has 0 bridgehead atoms. The highest BCUT2D eigenvalue weighted by Gasteiger charge is 2.14. The van der Waals surface area contributed by atoms with E-state index in [1.54, 1.807) is 24.1 Å². The minimum absolute atomic E-state index is 0.0559. The van der Waals surface area contributed by atoms with E-state index in [0.717, 1.165) is 11.3 Å². The SMILES string of the molecule is COCC(C)n1ccc(NC(=O)c2csc(C(=O)O)c2)n1. The fourth-order valence-electron chi connectivity index (χ4n) is 1.72. The van der Waals surface area contributed by atoms with Gasteiger partial charge in [-0.05, 0) is 13.0 Å². The van der Waals surface area contributed by atoms with Crippen LogP contribution in [0.5, 0.6) is 0 Å². The first-order valence-electron chi connectivity index (χ1n) is 6.18. The second-order valence-corrected chi connectivity index (χ2v) is 5.36. The zero-order chi connectivity index (χ0) is 15.4. The summed E-state index contributed by atoms with van der Waals surface area (Å²) in [6.07, 6.45) is 1.75. The van der Waals surface area contributed by atoms with Crippen LogP contribution in [0.25, 0.3) is 0 Å². The highest BCUT2D eigenvalue weighted by atomic mass is 32.1. The van der Waals surface area contributed by atoms with Crippen molar-refractivity contribution in [1.82, 2.24) is 9.78 Å². The summed E-state index contributed by atoms with van der Waals surface area (Å²) in [7, 11) is 1.61. The Morgan fingerprint density at radius 2 is 2.33 bits per heavy atom. The predicted molar refractivity (Wildman–Crippen MR) is 78.0 cm³/mol. The number of aromatic carboxylic acids is 1. The number of methoxy groups -OCH3 is 1. The Labute approximate surface area is 125 Å². The van der Waals surface area contributed by atoms with E-state index in [4.69, 9.17) is 9.84 Å². The van der Waals surface area contributed by atoms with Crippen LogP contribution in [0.3, 0.4) is 0 Å². The molecule has 0 saturated carbocycles. The molecule has 2 aromatic rings. The Hall–Kier alpha value is -2.19. The number of anilines is 1. The Morgan fingerprint density at radius 1 is 1.57 bits per heavy atom. The maximum absolute atomic E-state index is 12.0. The first-order chi connectivity index (χ1) is 10.0. The summed E-state index contributed by atoms with van der Waals surface area (Å²) in [4.78, 5) is 22.9. The molecular weight excluding hydrogens is 294 g/mol. The van der Waals surface area contributed by atoms with Crippen LogP contribution in [-0.2, 0) is 4.74 Å². The second-order valence-electron chi connectivity index (χ2n) is 4.44. The van der Waals surface area contributed by atoms with Crippen LogP contribution in [-0.4, -0.2) is 40.5 Å². The minimum atomic E-state index is -1.04. The summed E-state index contributed by atoms with van der Waals surface area (Å²) in [6.45, 7) is 2.46. The van der Waals surface area contributed by atoms with E-state index >= 15 is 0 Å². The van der Waals surface area contributed by atoms with Crippen molar-refractivity contribution in [1.29, 1.82) is 0 Å². The average molecular weight is 309 g/mol. The van der Waals surface area contributed by atoms with E-state index in [2.05, 4.69) is 10.4 Å². The van der Waals surface area contributed by atoms with Crippen molar-refractivity contribution in [2.45, 2.75) is 13.0 Å². The number of hydrogen-bond acceptors (Lipinski definition) is 5. The molecule has 2 N–H and O–H groups in total. The first kappa shape index (κ1) is 15.2. The maximum atomic E-state index is 12.0. The highest BCUT2D eigenvalue weighted by Crippen LogP contribution is 2.16. The lowest BCUT2D eigenvalue weighted by Crippen LogP contribution is -2.14. The lowest BCUT2D eigenvalue weighted by atomic mass is 10.3. The Morgan fingerprint density at radius 3 is 2.95 bits per heavy atom. The topological polar surface area (TPSA) is 93.5 Å². The summed E-state index contributed by atoms with van der Waals surface area (Å²) in [6, 6.07) is 3.07. The van der Waals surface area contributed by atoms with Crippen LogP contribution in [0.2, 0.25) is 0 Å². The van der Waals surface area contributed by atoms with Gasteiger partial charge in [0.2, 0.25) is 0 Å². The van der Waals surface area contributed by atoms with E-state index in [-0.39, 0.29) is 16.8 Å². The van der Waals surface area contributed by atoms with Crippen molar-refractivity contribution in [3.05, 3.63) is 34.2 Å². The molecule has 2 rings (SSSR count). The van der Waals surface area contributed by atoms with E-state index in [1.807, 2.05) is 6.92 Å². The molecule has 2 aromatic heterocycles. The molecule has 0 radical (unpaired) electrons. The molecule has 0 aliphatic heterocycles. The first-order valence-corrected chi connectivity index (χ1v) is 7.06. The van der Waals surface area contributed by atoms with Gasteiger partial charge in [0.15, 0.2) is 5.82 Å². The van der Waals surface area contributed by atoms with Gasteiger partial charge in [-0.1, -0.05) is 0 Å². The number of carbonyl (C=O) groups is 2. The number of nitrogens with zero attached hydrogens (tertiary/aromatic N) is 2. The summed E-state index contributed by atoms with van der Waals surface area (Å²) in [5.74, 6) is -1.02. The Balaban J connectivity index is 2.03. The molecular formula is C13H15N3O4S. The van der Waals surface area contributed by atoms with Crippen LogP contribution in [0, 0.1) is 0 Å². The Bertz CT molecular complexity index is 649. The minimum Gasteiger partial charge on any atom is -0.477 e. The average Bonchev–Trinajstić information content (AvgIpc) is 3.07. The van der Waals surface area contributed by atoms with Gasteiger partial charge in [-0.2, -0.15) is 5.10 Å². The van der Waals surface area contributed by atoms with Crippen LogP contribution in [0.4, 0.5) is 5.82 Å². The molecule has 0 aromatic carbocycles. The van der Waals surface area contributed by atoms with E-state index < -0.39 is 5.97 Å². The van der Waals surface area contributed by atoms with Gasteiger partial charge in [-0.25, -0.2) is 4.79 Å². The fourth-order valence-corrected chi connectivity index (χ4v) is 2.45. The third-order valence-corrected chi connectivity index (χ3v) is 3.70. The zero-order valence-corrected chi connectivity index (χ0v) is 12.4. The van der Waals surface area contributed by atoms with Crippen molar-refractivity contribution >= 4 is 29.0 Å². The molecule has 0 aliphatic rings. The van der Waals surface area contributed by atoms with Gasteiger partial charge in [0.1, 0.15) is 4.88 Å². The van der Waals surface area contributed by atoms with E-state index in [0.29, 0.717) is 18.0 Å². The van der Waals surface area contributed by atoms with Gasteiger partial charge in [0.05, 0.1) is 18.2 Å². The number of ether oxygens (including phenoxy) is 1. The third kappa shape index (κ3) is 3.67. The summed E-state index contributed by atoms with van der Waals surface area (Å²) >= 11 is 1.01. The third-order valence-electron chi connectivity index (χ3n) is 2.78. The Kier molecular flexibility index (Phi) is 4.71. The number of carboxylic acid groups (broad SMARTS) is 1. The summed E-state index contributed by atoms with van der Waals surface area (Å²) < 4.78 is 6.73. The van der Waals surface area contributed by atoms with Gasteiger partial charge in [0.25, 0.3) is 5.91 Å². The highest BCUT2D eigenvalue weighted by molar-refractivity contribution is 7.12. The number of nitrogens with one attached hydrogen (secondary N) is 1. The molecule has 1 amide bonds. The maximum Gasteiger partial charge on any atom is 0.345 e. The molecule has 112 valence electrons. The summed E-state index contributed by atoms with van der Waals surface area (Å²) in [5, 5.41) is 17.2. The number of rotatable bonds is 6. The van der Waals surface area contributed by atoms with Gasteiger partial charge in [-0.15, -0.1) is 11.3 Å². The standard InChI is InChI=1S/C13H15N3O4S/c1-8(6-20-2)16-4-3-11(15-16)14-12(17)9-5-10(13(18)19)21-7-9/h3-5,7-8H,6H2,1-2H3,(H,18,19)(H,14,15,17). The van der Waals surface area contributed by atoms with Crippen LogP contribution < -0.4 is 5.32 Å². The fraction of sp³-hybridized carbons (Fsp3) is 0.308. The van der Waals surface area contributed by atoms with Gasteiger partial charge in [-0.3, -0.25) is 9.48 Å². The lowest BCUT2D eigenvalue weighted by molar-refractivity contribution is 0.0702. The van der Waals surface area contributed by atoms with Gasteiger partial charge >= 0.3 is 5.97 Å². The summed E-state index contributed by atoms with van der Waals surface area (Å²) in [5.41, 5.74) is 0.303. The second kappa shape index (κ2) is 6.51. The van der Waals surface area contributed by atoms with Crippen molar-refractivity contribution in [2.24, 2.45) is 0 Å². The molecule has 0 aliphatic carbocycles. The quantitative estimate of drug-likeness (QED) is 0.852. The lowest BCUT2D eigenvalue weighted by Gasteiger charge is -2.10. The van der Waals surface area contributed by atoms with Crippen molar-refractivity contribution in [3.63, 3.8) is 0 Å². The predicted octanol–water partition coefficient (Wildman–Crippen LogP) is 2.10. The monoisotopic (exact) mass is 309 g/mol. The normalized spacial score (nSPS) is 12.1. The van der Waals surface area contributed by atoms with E-state index in [1.165, 1.54) is 11.4 Å².